The Morgan fingerprint density at radius 3 is 2.67 bits per heavy atom. The molecule has 1 aliphatic rings. The number of sulfonamides is 1. The highest BCUT2D eigenvalue weighted by molar-refractivity contribution is 7.99. The molecule has 1 aromatic heterocycles. The van der Waals surface area contributed by atoms with Crippen LogP contribution in [0.25, 0.3) is 0 Å². The summed E-state index contributed by atoms with van der Waals surface area (Å²) in [5.74, 6) is 7.15. The standard InChI is InChI=1S/C9H15N5O2S2/c10-13-9-11-6-8(7-12-9)18(15,16)14-2-1-4-17-5-3-14/h6-7H,1-5,10H2,(H,11,12,13). The van der Waals surface area contributed by atoms with Crippen LogP contribution in [0.2, 0.25) is 0 Å². The molecule has 1 aromatic rings. The van der Waals surface area contributed by atoms with Gasteiger partial charge in [-0.1, -0.05) is 0 Å². The van der Waals surface area contributed by atoms with Crippen molar-refractivity contribution in [2.24, 2.45) is 5.84 Å². The van der Waals surface area contributed by atoms with Gasteiger partial charge in [-0.15, -0.1) is 0 Å². The first kappa shape index (κ1) is 13.5. The van der Waals surface area contributed by atoms with Crippen LogP contribution in [0.3, 0.4) is 0 Å². The quantitative estimate of drug-likeness (QED) is 0.591. The van der Waals surface area contributed by atoms with Crippen LogP contribution in [-0.4, -0.2) is 47.3 Å². The second-order valence-electron chi connectivity index (χ2n) is 3.76. The predicted octanol–water partition coefficient (Wildman–Crippen LogP) is -0.110. The predicted molar refractivity (Wildman–Crippen MR) is 70.5 cm³/mol. The minimum absolute atomic E-state index is 0.105. The molecule has 1 fully saturated rings. The summed E-state index contributed by atoms with van der Waals surface area (Å²) in [4.78, 5) is 7.75. The highest BCUT2D eigenvalue weighted by atomic mass is 32.2. The number of hydrogen-bond acceptors (Lipinski definition) is 7. The first-order valence-electron chi connectivity index (χ1n) is 5.51. The lowest BCUT2D eigenvalue weighted by Crippen LogP contribution is -2.33. The monoisotopic (exact) mass is 289 g/mol. The molecule has 0 bridgehead atoms. The molecule has 2 rings (SSSR count). The Bertz CT molecular complexity index is 482. The lowest BCUT2D eigenvalue weighted by molar-refractivity contribution is 0.434. The number of hydrogen-bond donors (Lipinski definition) is 2. The number of nitrogens with zero attached hydrogens (tertiary/aromatic N) is 3. The molecule has 2 heterocycles. The van der Waals surface area contributed by atoms with Crippen molar-refractivity contribution in [3.63, 3.8) is 0 Å². The third-order valence-electron chi connectivity index (χ3n) is 2.58. The molecule has 0 aromatic carbocycles. The molecule has 1 saturated heterocycles. The zero-order chi connectivity index (χ0) is 13.0. The van der Waals surface area contributed by atoms with Crippen molar-refractivity contribution in [1.82, 2.24) is 14.3 Å². The third-order valence-corrected chi connectivity index (χ3v) is 5.48. The van der Waals surface area contributed by atoms with Crippen molar-refractivity contribution in [2.75, 3.05) is 30.0 Å². The molecular weight excluding hydrogens is 274 g/mol. The van der Waals surface area contributed by atoms with E-state index in [-0.39, 0.29) is 10.8 Å². The van der Waals surface area contributed by atoms with Crippen molar-refractivity contribution in [2.45, 2.75) is 11.3 Å². The van der Waals surface area contributed by atoms with Crippen LogP contribution in [0.5, 0.6) is 0 Å². The lowest BCUT2D eigenvalue weighted by atomic mass is 10.5. The minimum atomic E-state index is -3.48. The first-order chi connectivity index (χ1) is 8.64. The van der Waals surface area contributed by atoms with E-state index in [0.717, 1.165) is 17.9 Å². The Balaban J connectivity index is 2.22. The van der Waals surface area contributed by atoms with Gasteiger partial charge in [-0.2, -0.15) is 16.1 Å². The summed E-state index contributed by atoms with van der Waals surface area (Å²) < 4.78 is 26.1. The van der Waals surface area contributed by atoms with Crippen molar-refractivity contribution in [3.05, 3.63) is 12.4 Å². The fraction of sp³-hybridized carbons (Fsp3) is 0.556. The van der Waals surface area contributed by atoms with E-state index >= 15 is 0 Å². The summed E-state index contributed by atoms with van der Waals surface area (Å²) in [5, 5.41) is 0. The van der Waals surface area contributed by atoms with Gasteiger partial charge in [-0.25, -0.2) is 24.2 Å². The molecule has 0 aliphatic carbocycles. The van der Waals surface area contributed by atoms with Crippen molar-refractivity contribution in [3.8, 4) is 0 Å². The Labute approximate surface area is 110 Å². The highest BCUT2D eigenvalue weighted by Gasteiger charge is 2.25. The second kappa shape index (κ2) is 5.83. The maximum absolute atomic E-state index is 12.3. The zero-order valence-electron chi connectivity index (χ0n) is 9.74. The average Bonchev–Trinajstić information content (AvgIpc) is 2.68. The van der Waals surface area contributed by atoms with Gasteiger partial charge in [0.1, 0.15) is 4.90 Å². The zero-order valence-corrected chi connectivity index (χ0v) is 11.4. The van der Waals surface area contributed by atoms with Crippen LogP contribution in [0.1, 0.15) is 6.42 Å². The van der Waals surface area contributed by atoms with E-state index in [2.05, 4.69) is 15.4 Å². The molecule has 0 spiro atoms. The van der Waals surface area contributed by atoms with Crippen LogP contribution < -0.4 is 11.3 Å². The maximum Gasteiger partial charge on any atom is 0.246 e. The molecule has 9 heteroatoms. The van der Waals surface area contributed by atoms with Crippen LogP contribution in [0.4, 0.5) is 5.95 Å². The minimum Gasteiger partial charge on any atom is -0.292 e. The summed E-state index contributed by atoms with van der Waals surface area (Å²) >= 11 is 1.77. The number of aromatic nitrogens is 2. The number of nitrogens with two attached hydrogens (primary N) is 1. The molecule has 1 aliphatic heterocycles. The van der Waals surface area contributed by atoms with Gasteiger partial charge in [-0.3, -0.25) is 5.43 Å². The van der Waals surface area contributed by atoms with E-state index in [1.165, 1.54) is 16.7 Å². The van der Waals surface area contributed by atoms with Gasteiger partial charge in [0.2, 0.25) is 16.0 Å². The number of thioether (sulfide) groups is 1. The van der Waals surface area contributed by atoms with Gasteiger partial charge in [0.05, 0.1) is 12.4 Å². The summed E-state index contributed by atoms with van der Waals surface area (Å²) in [5.41, 5.74) is 2.26. The molecule has 3 N–H and O–H groups in total. The molecular formula is C9H15N5O2S2. The van der Waals surface area contributed by atoms with Gasteiger partial charge in [0, 0.05) is 18.8 Å². The normalized spacial score (nSPS) is 18.3. The van der Waals surface area contributed by atoms with E-state index < -0.39 is 10.0 Å². The van der Waals surface area contributed by atoms with Crippen molar-refractivity contribution >= 4 is 27.7 Å². The van der Waals surface area contributed by atoms with E-state index in [0.29, 0.717) is 13.1 Å². The summed E-state index contributed by atoms with van der Waals surface area (Å²) in [6, 6.07) is 0. The lowest BCUT2D eigenvalue weighted by Gasteiger charge is -2.19. The fourth-order valence-corrected chi connectivity index (χ4v) is 4.01. The molecule has 7 nitrogen and oxygen atoms in total. The Hall–Kier alpha value is -0.900. The molecule has 18 heavy (non-hydrogen) atoms. The largest absolute Gasteiger partial charge is 0.292 e. The van der Waals surface area contributed by atoms with E-state index in [9.17, 15) is 8.42 Å². The van der Waals surface area contributed by atoms with Gasteiger partial charge in [0.15, 0.2) is 0 Å². The Morgan fingerprint density at radius 1 is 1.28 bits per heavy atom. The number of nitrogens with one attached hydrogen (secondary N) is 1. The number of rotatable bonds is 3. The third kappa shape index (κ3) is 2.91. The fourth-order valence-electron chi connectivity index (χ4n) is 1.64. The first-order valence-corrected chi connectivity index (χ1v) is 8.10. The van der Waals surface area contributed by atoms with Crippen molar-refractivity contribution in [1.29, 1.82) is 0 Å². The summed E-state index contributed by atoms with van der Waals surface area (Å²) in [7, 11) is -3.48. The van der Waals surface area contributed by atoms with Gasteiger partial charge in [-0.05, 0) is 12.2 Å². The average molecular weight is 289 g/mol. The smallest absolute Gasteiger partial charge is 0.246 e. The molecule has 0 unspecified atom stereocenters. The van der Waals surface area contributed by atoms with Crippen molar-refractivity contribution < 1.29 is 8.42 Å². The maximum atomic E-state index is 12.3. The summed E-state index contributed by atoms with van der Waals surface area (Å²) in [6.45, 7) is 1.08. The van der Waals surface area contributed by atoms with Crippen LogP contribution in [0.15, 0.2) is 17.3 Å². The number of anilines is 1. The molecule has 0 amide bonds. The highest BCUT2D eigenvalue weighted by Crippen LogP contribution is 2.19. The van der Waals surface area contributed by atoms with Gasteiger partial charge in [0.25, 0.3) is 0 Å². The molecule has 0 saturated carbocycles. The Kier molecular flexibility index (Phi) is 4.38. The second-order valence-corrected chi connectivity index (χ2v) is 6.92. The van der Waals surface area contributed by atoms with E-state index in [4.69, 9.17) is 5.84 Å². The Morgan fingerprint density at radius 2 is 2.00 bits per heavy atom. The molecule has 100 valence electrons. The van der Waals surface area contributed by atoms with Crippen LogP contribution in [0, 0.1) is 0 Å². The number of nitrogen functional groups attached to an aromatic ring is 1. The van der Waals surface area contributed by atoms with Gasteiger partial charge >= 0.3 is 0 Å². The van der Waals surface area contributed by atoms with Crippen LogP contribution in [-0.2, 0) is 10.0 Å². The van der Waals surface area contributed by atoms with E-state index in [1.807, 2.05) is 0 Å². The SMILES string of the molecule is NNc1ncc(S(=O)(=O)N2CCCSCC2)cn1. The number of hydrazine groups is 1. The van der Waals surface area contributed by atoms with Gasteiger partial charge < -0.3 is 0 Å². The van der Waals surface area contributed by atoms with Crippen LogP contribution >= 0.6 is 11.8 Å². The topological polar surface area (TPSA) is 101 Å². The molecule has 0 atom stereocenters. The molecule has 0 radical (unpaired) electrons. The van der Waals surface area contributed by atoms with E-state index in [1.54, 1.807) is 11.8 Å². The summed E-state index contributed by atoms with van der Waals surface area (Å²) in [6.07, 6.45) is 3.41.